The third-order valence-corrected chi connectivity index (χ3v) is 4.70. The summed E-state index contributed by atoms with van der Waals surface area (Å²) in [5.41, 5.74) is -0.758. The van der Waals surface area contributed by atoms with E-state index in [0.29, 0.717) is 18.8 Å². The molecule has 0 aromatic rings. The summed E-state index contributed by atoms with van der Waals surface area (Å²) in [6.07, 6.45) is 8.03. The van der Waals surface area contributed by atoms with E-state index in [4.69, 9.17) is 4.74 Å². The Hall–Kier alpha value is -0.610. The number of carboxylic acids is 1. The molecule has 0 bridgehead atoms. The van der Waals surface area contributed by atoms with E-state index in [9.17, 15) is 9.90 Å². The molecule has 2 N–H and O–H groups in total. The first-order valence-corrected chi connectivity index (χ1v) is 8.68. The van der Waals surface area contributed by atoms with E-state index in [2.05, 4.69) is 26.1 Å². The van der Waals surface area contributed by atoms with E-state index in [1.165, 1.54) is 19.3 Å². The van der Waals surface area contributed by atoms with Gasteiger partial charge < -0.3 is 15.2 Å². The van der Waals surface area contributed by atoms with Crippen LogP contribution in [0.4, 0.5) is 0 Å². The summed E-state index contributed by atoms with van der Waals surface area (Å²) in [5.74, 6) is -0.103. The van der Waals surface area contributed by atoms with Crippen molar-refractivity contribution in [1.82, 2.24) is 5.32 Å². The summed E-state index contributed by atoms with van der Waals surface area (Å²) in [7, 11) is 0. The average molecular weight is 299 g/mol. The predicted octanol–water partition coefficient (Wildman–Crippen LogP) is 3.59. The van der Waals surface area contributed by atoms with E-state index in [0.717, 1.165) is 32.4 Å². The van der Waals surface area contributed by atoms with Crippen LogP contribution in [0.5, 0.6) is 0 Å². The van der Waals surface area contributed by atoms with Gasteiger partial charge >= 0.3 is 5.97 Å². The van der Waals surface area contributed by atoms with Gasteiger partial charge in [-0.05, 0) is 38.1 Å². The zero-order valence-corrected chi connectivity index (χ0v) is 14.0. The van der Waals surface area contributed by atoms with Gasteiger partial charge in [0, 0.05) is 13.0 Å². The lowest BCUT2D eigenvalue weighted by atomic mass is 9.97. The summed E-state index contributed by atoms with van der Waals surface area (Å²) in [6, 6.07) is 0. The molecule has 1 fully saturated rings. The van der Waals surface area contributed by atoms with Gasteiger partial charge in [-0.2, -0.15) is 0 Å². The maximum absolute atomic E-state index is 11.6. The molecule has 3 atom stereocenters. The second-order valence-electron chi connectivity index (χ2n) is 6.43. The molecule has 4 nitrogen and oxygen atoms in total. The highest BCUT2D eigenvalue weighted by Crippen LogP contribution is 2.33. The Morgan fingerprint density at radius 2 is 2.14 bits per heavy atom. The Bertz CT molecular complexity index is 308. The van der Waals surface area contributed by atoms with Crippen molar-refractivity contribution in [3.63, 3.8) is 0 Å². The number of aliphatic carboxylic acids is 1. The van der Waals surface area contributed by atoms with Crippen molar-refractivity contribution in [3.05, 3.63) is 0 Å². The van der Waals surface area contributed by atoms with E-state index in [1.54, 1.807) is 0 Å². The number of nitrogens with one attached hydrogen (secondary N) is 1. The molecule has 0 spiro atoms. The molecule has 0 amide bonds. The molecule has 0 saturated heterocycles. The number of hydrogen-bond acceptors (Lipinski definition) is 3. The van der Waals surface area contributed by atoms with Gasteiger partial charge in [-0.15, -0.1) is 0 Å². The summed E-state index contributed by atoms with van der Waals surface area (Å²) in [5, 5.41) is 12.8. The molecule has 0 aliphatic heterocycles. The minimum Gasteiger partial charge on any atom is -0.480 e. The molecule has 124 valence electrons. The van der Waals surface area contributed by atoms with Crippen LogP contribution in [0.25, 0.3) is 0 Å². The normalized spacial score (nSPS) is 26.9. The van der Waals surface area contributed by atoms with Crippen LogP contribution in [0.3, 0.4) is 0 Å². The Balaban J connectivity index is 2.43. The molecule has 1 aliphatic rings. The topological polar surface area (TPSA) is 58.6 Å². The van der Waals surface area contributed by atoms with Gasteiger partial charge in [-0.3, -0.25) is 4.79 Å². The monoisotopic (exact) mass is 299 g/mol. The largest absolute Gasteiger partial charge is 0.480 e. The summed E-state index contributed by atoms with van der Waals surface area (Å²) < 4.78 is 6.04. The third-order valence-electron chi connectivity index (χ3n) is 4.70. The van der Waals surface area contributed by atoms with Gasteiger partial charge in [-0.25, -0.2) is 0 Å². The van der Waals surface area contributed by atoms with Crippen molar-refractivity contribution >= 4 is 5.97 Å². The number of ether oxygens (including phenoxy) is 1. The highest BCUT2D eigenvalue weighted by Gasteiger charge is 2.45. The lowest BCUT2D eigenvalue weighted by molar-refractivity contribution is -0.145. The van der Waals surface area contributed by atoms with Crippen molar-refractivity contribution in [1.29, 1.82) is 0 Å². The van der Waals surface area contributed by atoms with Crippen molar-refractivity contribution in [2.24, 2.45) is 5.92 Å². The smallest absolute Gasteiger partial charge is 0.323 e. The standard InChI is InChI=1S/C17H33NO3/c1-4-7-8-14(6-3)13-21-15-9-10-17(12-15,16(19)20)18-11-5-2/h14-15,18H,4-13H2,1-3H3,(H,19,20). The van der Waals surface area contributed by atoms with E-state index in [-0.39, 0.29) is 6.10 Å². The first-order chi connectivity index (χ1) is 10.1. The molecule has 1 rings (SSSR count). The second-order valence-corrected chi connectivity index (χ2v) is 6.43. The zero-order chi connectivity index (χ0) is 15.7. The van der Waals surface area contributed by atoms with Crippen LogP contribution in [0, 0.1) is 5.92 Å². The average Bonchev–Trinajstić information content (AvgIpc) is 2.90. The van der Waals surface area contributed by atoms with Crippen LogP contribution in [0.1, 0.15) is 72.1 Å². The summed E-state index contributed by atoms with van der Waals surface area (Å²) >= 11 is 0. The lowest BCUT2D eigenvalue weighted by Crippen LogP contribution is -2.50. The Kier molecular flexibility index (Phi) is 8.27. The second kappa shape index (κ2) is 9.42. The van der Waals surface area contributed by atoms with E-state index < -0.39 is 11.5 Å². The molecular formula is C17H33NO3. The fourth-order valence-electron chi connectivity index (χ4n) is 3.11. The Labute approximate surface area is 129 Å². The number of carboxylic acid groups (broad SMARTS) is 1. The molecule has 0 aromatic carbocycles. The van der Waals surface area contributed by atoms with Crippen LogP contribution in [-0.4, -0.2) is 35.9 Å². The minimum atomic E-state index is -0.758. The highest BCUT2D eigenvalue weighted by atomic mass is 16.5. The molecule has 3 unspecified atom stereocenters. The maximum Gasteiger partial charge on any atom is 0.323 e. The van der Waals surface area contributed by atoms with Gasteiger partial charge in [0.15, 0.2) is 0 Å². The quantitative estimate of drug-likeness (QED) is 0.612. The third kappa shape index (κ3) is 5.59. The molecule has 21 heavy (non-hydrogen) atoms. The number of unbranched alkanes of at least 4 members (excludes halogenated alkanes) is 1. The number of carbonyl (C=O) groups is 1. The van der Waals surface area contributed by atoms with Crippen LogP contribution >= 0.6 is 0 Å². The molecule has 0 heterocycles. The molecule has 1 saturated carbocycles. The van der Waals surface area contributed by atoms with Gasteiger partial charge in [0.1, 0.15) is 5.54 Å². The summed E-state index contributed by atoms with van der Waals surface area (Å²) in [4.78, 5) is 11.6. The Morgan fingerprint density at radius 3 is 2.71 bits per heavy atom. The molecule has 1 aliphatic carbocycles. The first-order valence-electron chi connectivity index (χ1n) is 8.68. The van der Waals surface area contributed by atoms with Crippen molar-refractivity contribution in [3.8, 4) is 0 Å². The van der Waals surface area contributed by atoms with Crippen LogP contribution < -0.4 is 5.32 Å². The zero-order valence-electron chi connectivity index (χ0n) is 14.0. The van der Waals surface area contributed by atoms with E-state index >= 15 is 0 Å². The van der Waals surface area contributed by atoms with E-state index in [1.807, 2.05) is 0 Å². The van der Waals surface area contributed by atoms with Crippen molar-refractivity contribution in [2.75, 3.05) is 13.2 Å². The fraction of sp³-hybridized carbons (Fsp3) is 0.941. The fourth-order valence-corrected chi connectivity index (χ4v) is 3.11. The van der Waals surface area contributed by atoms with Crippen LogP contribution in [0.2, 0.25) is 0 Å². The molecule has 0 aromatic heterocycles. The SMILES string of the molecule is CCCCC(CC)COC1CCC(NCCC)(C(=O)O)C1. The van der Waals surface area contributed by atoms with Crippen LogP contribution in [-0.2, 0) is 9.53 Å². The van der Waals surface area contributed by atoms with Gasteiger partial charge in [-0.1, -0.05) is 40.0 Å². The molecular weight excluding hydrogens is 266 g/mol. The van der Waals surface area contributed by atoms with Gasteiger partial charge in [0.05, 0.1) is 6.10 Å². The Morgan fingerprint density at radius 1 is 1.38 bits per heavy atom. The van der Waals surface area contributed by atoms with Crippen LogP contribution in [0.15, 0.2) is 0 Å². The maximum atomic E-state index is 11.6. The number of rotatable bonds is 11. The molecule has 0 radical (unpaired) electrons. The molecule has 4 heteroatoms. The van der Waals surface area contributed by atoms with Gasteiger partial charge in [0.2, 0.25) is 0 Å². The first kappa shape index (κ1) is 18.4. The lowest BCUT2D eigenvalue weighted by Gasteiger charge is -2.26. The summed E-state index contributed by atoms with van der Waals surface area (Å²) in [6.45, 7) is 8.02. The predicted molar refractivity (Wildman–Crippen MR) is 85.6 cm³/mol. The van der Waals surface area contributed by atoms with Crippen molar-refractivity contribution < 1.29 is 14.6 Å². The number of hydrogen-bond donors (Lipinski definition) is 2. The van der Waals surface area contributed by atoms with Crippen molar-refractivity contribution in [2.45, 2.75) is 83.8 Å². The van der Waals surface area contributed by atoms with Gasteiger partial charge in [0.25, 0.3) is 0 Å². The minimum absolute atomic E-state index is 0.0983. The highest BCUT2D eigenvalue weighted by molar-refractivity contribution is 5.79.